The van der Waals surface area contributed by atoms with Crippen LogP contribution in [-0.4, -0.2) is 20.3 Å². The van der Waals surface area contributed by atoms with Crippen LogP contribution in [0.3, 0.4) is 0 Å². The van der Waals surface area contributed by atoms with Gasteiger partial charge >= 0.3 is 6.03 Å². The van der Waals surface area contributed by atoms with E-state index in [1.54, 1.807) is 7.11 Å². The van der Waals surface area contributed by atoms with Crippen LogP contribution in [0, 0.1) is 6.92 Å². The largest absolute Gasteiger partial charge is 0.496 e. The molecule has 0 saturated heterocycles. The van der Waals surface area contributed by atoms with Gasteiger partial charge in [-0.05, 0) is 19.9 Å². The standard InChI is InChI=1S/C12H18N2O3/c1-8-5-6-11(16-3)10(7-8)9(2)13-12(15)14-17-4/h5-7,9H,1-4H3,(H2,13,14,15). The highest BCUT2D eigenvalue weighted by Crippen LogP contribution is 2.25. The first-order chi connectivity index (χ1) is 8.08. The number of hydrogen-bond donors (Lipinski definition) is 2. The van der Waals surface area contributed by atoms with Crippen LogP contribution in [0.15, 0.2) is 18.2 Å². The fourth-order valence-electron chi connectivity index (χ4n) is 1.59. The monoisotopic (exact) mass is 238 g/mol. The average Bonchev–Trinajstić information content (AvgIpc) is 2.29. The Morgan fingerprint density at radius 1 is 1.35 bits per heavy atom. The number of hydroxylamine groups is 1. The van der Waals surface area contributed by atoms with Crippen molar-refractivity contribution in [3.63, 3.8) is 0 Å². The molecule has 0 saturated carbocycles. The Bertz CT molecular complexity index is 393. The maximum atomic E-state index is 11.3. The van der Waals surface area contributed by atoms with E-state index in [-0.39, 0.29) is 12.1 Å². The average molecular weight is 238 g/mol. The second kappa shape index (κ2) is 6.10. The zero-order chi connectivity index (χ0) is 12.8. The van der Waals surface area contributed by atoms with Crippen molar-refractivity contribution in [2.45, 2.75) is 19.9 Å². The number of rotatable bonds is 4. The Hall–Kier alpha value is -1.75. The first-order valence-corrected chi connectivity index (χ1v) is 5.32. The number of urea groups is 1. The van der Waals surface area contributed by atoms with Crippen LogP contribution in [0.2, 0.25) is 0 Å². The van der Waals surface area contributed by atoms with E-state index in [2.05, 4.69) is 15.6 Å². The van der Waals surface area contributed by atoms with Gasteiger partial charge in [0.2, 0.25) is 0 Å². The van der Waals surface area contributed by atoms with Crippen molar-refractivity contribution in [2.75, 3.05) is 14.2 Å². The third-order valence-electron chi connectivity index (χ3n) is 2.39. The molecule has 1 unspecified atom stereocenters. The number of carbonyl (C=O) groups excluding carboxylic acids is 1. The van der Waals surface area contributed by atoms with E-state index < -0.39 is 0 Å². The predicted molar refractivity (Wildman–Crippen MR) is 64.8 cm³/mol. The van der Waals surface area contributed by atoms with Gasteiger partial charge < -0.3 is 10.1 Å². The molecule has 94 valence electrons. The molecule has 0 aliphatic carbocycles. The maximum absolute atomic E-state index is 11.3. The van der Waals surface area contributed by atoms with Crippen LogP contribution >= 0.6 is 0 Å². The zero-order valence-electron chi connectivity index (χ0n) is 10.5. The molecule has 0 aliphatic heterocycles. The van der Waals surface area contributed by atoms with Crippen molar-refractivity contribution in [1.82, 2.24) is 10.8 Å². The van der Waals surface area contributed by atoms with Gasteiger partial charge in [-0.1, -0.05) is 17.7 Å². The molecule has 17 heavy (non-hydrogen) atoms. The van der Waals surface area contributed by atoms with Crippen molar-refractivity contribution < 1.29 is 14.4 Å². The smallest absolute Gasteiger partial charge is 0.339 e. The fraction of sp³-hybridized carbons (Fsp3) is 0.417. The maximum Gasteiger partial charge on any atom is 0.339 e. The Balaban J connectivity index is 2.83. The number of benzene rings is 1. The topological polar surface area (TPSA) is 59.6 Å². The highest BCUT2D eigenvalue weighted by molar-refractivity contribution is 5.73. The number of methoxy groups -OCH3 is 1. The van der Waals surface area contributed by atoms with Gasteiger partial charge in [0.05, 0.1) is 20.3 Å². The molecule has 0 aliphatic rings. The number of ether oxygens (including phenoxy) is 1. The number of nitrogens with one attached hydrogen (secondary N) is 2. The van der Waals surface area contributed by atoms with Crippen LogP contribution in [0.1, 0.15) is 24.1 Å². The second-order valence-corrected chi connectivity index (χ2v) is 3.75. The molecular formula is C12H18N2O3. The van der Waals surface area contributed by atoms with E-state index >= 15 is 0 Å². The third-order valence-corrected chi connectivity index (χ3v) is 2.39. The van der Waals surface area contributed by atoms with Crippen LogP contribution in [0.5, 0.6) is 5.75 Å². The summed E-state index contributed by atoms with van der Waals surface area (Å²) in [5.41, 5.74) is 4.25. The molecule has 1 rings (SSSR count). The molecular weight excluding hydrogens is 220 g/mol. The van der Waals surface area contributed by atoms with Gasteiger partial charge in [-0.2, -0.15) is 0 Å². The van der Waals surface area contributed by atoms with Crippen molar-refractivity contribution in [3.8, 4) is 5.75 Å². The molecule has 0 spiro atoms. The molecule has 5 heteroatoms. The first kappa shape index (κ1) is 13.3. The van der Waals surface area contributed by atoms with E-state index in [4.69, 9.17) is 4.74 Å². The molecule has 1 aromatic carbocycles. The molecule has 0 fully saturated rings. The molecule has 2 amide bonds. The van der Waals surface area contributed by atoms with Gasteiger partial charge in [0.25, 0.3) is 0 Å². The van der Waals surface area contributed by atoms with Crippen molar-refractivity contribution in [2.24, 2.45) is 0 Å². The van der Waals surface area contributed by atoms with Gasteiger partial charge in [0.15, 0.2) is 0 Å². The first-order valence-electron chi connectivity index (χ1n) is 5.32. The third kappa shape index (κ3) is 3.64. The lowest BCUT2D eigenvalue weighted by atomic mass is 10.0. The van der Waals surface area contributed by atoms with Gasteiger partial charge in [0.1, 0.15) is 5.75 Å². The molecule has 0 aromatic heterocycles. The highest BCUT2D eigenvalue weighted by Gasteiger charge is 2.13. The summed E-state index contributed by atoms with van der Waals surface area (Å²) < 4.78 is 5.26. The highest BCUT2D eigenvalue weighted by atomic mass is 16.6. The lowest BCUT2D eigenvalue weighted by Gasteiger charge is -2.17. The van der Waals surface area contributed by atoms with E-state index in [0.717, 1.165) is 16.9 Å². The van der Waals surface area contributed by atoms with Gasteiger partial charge in [-0.3, -0.25) is 4.84 Å². The lowest BCUT2D eigenvalue weighted by Crippen LogP contribution is -2.36. The Morgan fingerprint density at radius 2 is 2.06 bits per heavy atom. The summed E-state index contributed by atoms with van der Waals surface area (Å²) in [4.78, 5) is 15.9. The summed E-state index contributed by atoms with van der Waals surface area (Å²) in [6, 6.07) is 5.28. The molecule has 0 radical (unpaired) electrons. The van der Waals surface area contributed by atoms with Crippen molar-refractivity contribution >= 4 is 6.03 Å². The normalized spacial score (nSPS) is 11.8. The van der Waals surface area contributed by atoms with E-state index in [1.165, 1.54) is 7.11 Å². The minimum Gasteiger partial charge on any atom is -0.496 e. The van der Waals surface area contributed by atoms with E-state index in [1.807, 2.05) is 32.0 Å². The Labute approximate surface area is 101 Å². The summed E-state index contributed by atoms with van der Waals surface area (Å²) in [5.74, 6) is 0.751. The summed E-state index contributed by atoms with van der Waals surface area (Å²) in [5, 5.41) is 2.74. The predicted octanol–water partition coefficient (Wildman–Crippen LogP) is 1.93. The summed E-state index contributed by atoms with van der Waals surface area (Å²) in [7, 11) is 2.99. The SMILES string of the molecule is CONC(=O)NC(C)c1cc(C)ccc1OC. The molecule has 0 bridgehead atoms. The number of hydrogen-bond acceptors (Lipinski definition) is 3. The van der Waals surface area contributed by atoms with Crippen LogP contribution in [0.4, 0.5) is 4.79 Å². The van der Waals surface area contributed by atoms with Crippen LogP contribution in [0.25, 0.3) is 0 Å². The fourth-order valence-corrected chi connectivity index (χ4v) is 1.59. The van der Waals surface area contributed by atoms with Gasteiger partial charge in [-0.15, -0.1) is 0 Å². The molecule has 0 heterocycles. The van der Waals surface area contributed by atoms with Crippen LogP contribution < -0.4 is 15.5 Å². The van der Waals surface area contributed by atoms with Crippen LogP contribution in [-0.2, 0) is 4.84 Å². The Kier molecular flexibility index (Phi) is 4.78. The quantitative estimate of drug-likeness (QED) is 0.788. The molecule has 5 nitrogen and oxygen atoms in total. The lowest BCUT2D eigenvalue weighted by molar-refractivity contribution is 0.106. The number of amides is 2. The number of aryl methyl sites for hydroxylation is 1. The summed E-state index contributed by atoms with van der Waals surface area (Å²) >= 11 is 0. The van der Waals surface area contributed by atoms with Gasteiger partial charge in [0, 0.05) is 5.56 Å². The number of carbonyl (C=O) groups is 1. The zero-order valence-corrected chi connectivity index (χ0v) is 10.5. The summed E-state index contributed by atoms with van der Waals surface area (Å²) in [6.07, 6.45) is 0. The van der Waals surface area contributed by atoms with E-state index in [9.17, 15) is 4.79 Å². The second-order valence-electron chi connectivity index (χ2n) is 3.75. The minimum atomic E-state index is -0.386. The molecule has 1 atom stereocenters. The summed E-state index contributed by atoms with van der Waals surface area (Å²) in [6.45, 7) is 3.87. The van der Waals surface area contributed by atoms with Crippen molar-refractivity contribution in [1.29, 1.82) is 0 Å². The van der Waals surface area contributed by atoms with Gasteiger partial charge in [-0.25, -0.2) is 10.3 Å². The van der Waals surface area contributed by atoms with E-state index in [0.29, 0.717) is 0 Å². The molecule has 2 N–H and O–H groups in total. The molecule has 1 aromatic rings. The Morgan fingerprint density at radius 3 is 2.65 bits per heavy atom. The van der Waals surface area contributed by atoms with Crippen molar-refractivity contribution in [3.05, 3.63) is 29.3 Å². The minimum absolute atomic E-state index is 0.167.